The molecule has 1 aliphatic heterocycles. The van der Waals surface area contributed by atoms with Crippen molar-refractivity contribution in [2.45, 2.75) is 4.90 Å². The highest BCUT2D eigenvalue weighted by atomic mass is 32.2. The van der Waals surface area contributed by atoms with E-state index in [4.69, 9.17) is 0 Å². The Labute approximate surface area is 134 Å². The van der Waals surface area contributed by atoms with Gasteiger partial charge in [0.05, 0.1) is 33.4 Å². The van der Waals surface area contributed by atoms with Crippen molar-refractivity contribution in [3.8, 4) is 0 Å². The predicted molar refractivity (Wildman–Crippen MR) is 85.6 cm³/mol. The summed E-state index contributed by atoms with van der Waals surface area (Å²) in [5, 5.41) is 13.7. The minimum absolute atomic E-state index is 0.0618. The molecule has 1 aliphatic rings. The first-order valence-corrected chi connectivity index (χ1v) is 7.33. The molecule has 0 aromatic heterocycles. The number of aliphatic imine (C=N–C) groups is 1. The Bertz CT molecular complexity index is 838. The molecule has 2 aromatic carbocycles. The molecule has 0 radical (unpaired) electrons. The molecule has 0 bridgehead atoms. The largest absolute Gasteiger partial charge is 0.324 e. The molecule has 1 amide bonds. The minimum Gasteiger partial charge on any atom is -0.324 e. The van der Waals surface area contributed by atoms with E-state index in [-0.39, 0.29) is 30.3 Å². The summed E-state index contributed by atoms with van der Waals surface area (Å²) in [7, 11) is 0. The zero-order valence-electron chi connectivity index (χ0n) is 11.7. The van der Waals surface area contributed by atoms with Crippen molar-refractivity contribution < 1.29 is 13.6 Å². The summed E-state index contributed by atoms with van der Waals surface area (Å²) in [6.45, 7) is -0.136. The van der Waals surface area contributed by atoms with Crippen LogP contribution in [0.15, 0.2) is 52.4 Å². The van der Waals surface area contributed by atoms with Gasteiger partial charge in [-0.25, -0.2) is 0 Å². The summed E-state index contributed by atoms with van der Waals surface area (Å²) in [5.41, 5.74) is 1.51. The first kappa shape index (κ1) is 15.2. The third-order valence-corrected chi connectivity index (χ3v) is 3.87. The van der Waals surface area contributed by atoms with Crippen LogP contribution in [0.2, 0.25) is 0 Å². The van der Waals surface area contributed by atoms with E-state index in [9.17, 15) is 18.8 Å². The van der Waals surface area contributed by atoms with Crippen molar-refractivity contribution in [2.24, 2.45) is 4.99 Å². The Balaban J connectivity index is 2.23. The molecule has 0 saturated carbocycles. The van der Waals surface area contributed by atoms with Gasteiger partial charge in [0.15, 0.2) is 0 Å². The van der Waals surface area contributed by atoms with Crippen molar-refractivity contribution in [3.63, 3.8) is 0 Å². The lowest BCUT2D eigenvalue weighted by Gasteiger charge is -2.11. The molecule has 8 heteroatoms. The van der Waals surface area contributed by atoms with Crippen LogP contribution in [0, 0.1) is 10.1 Å². The Morgan fingerprint density at radius 2 is 2.00 bits per heavy atom. The van der Waals surface area contributed by atoms with Crippen molar-refractivity contribution in [2.75, 3.05) is 11.9 Å². The van der Waals surface area contributed by atoms with Crippen molar-refractivity contribution in [3.05, 3.63) is 63.7 Å². The fourth-order valence-corrected chi connectivity index (χ4v) is 2.71. The van der Waals surface area contributed by atoms with Crippen LogP contribution < -0.4 is 5.32 Å². The normalized spacial score (nSPS) is 13.6. The second kappa shape index (κ2) is 6.17. The SMILES string of the molecule is O=C1CN=C(c2ccccc2SF)c2cc([N+](=O)[O-])ccc2N1. The average molecular weight is 331 g/mol. The topological polar surface area (TPSA) is 84.6 Å². The molecule has 1 heterocycles. The molecule has 0 aliphatic carbocycles. The van der Waals surface area contributed by atoms with Gasteiger partial charge >= 0.3 is 0 Å². The molecular weight excluding hydrogens is 321 g/mol. The van der Waals surface area contributed by atoms with E-state index in [2.05, 4.69) is 10.3 Å². The highest BCUT2D eigenvalue weighted by molar-refractivity contribution is 7.94. The third-order valence-electron chi connectivity index (χ3n) is 3.35. The molecule has 23 heavy (non-hydrogen) atoms. The van der Waals surface area contributed by atoms with Crippen LogP contribution in [0.5, 0.6) is 0 Å². The number of rotatable bonds is 3. The van der Waals surface area contributed by atoms with Gasteiger partial charge in [-0.05, 0) is 12.1 Å². The lowest BCUT2D eigenvalue weighted by molar-refractivity contribution is -0.384. The number of carbonyl (C=O) groups excluding carboxylic acids is 1. The van der Waals surface area contributed by atoms with Crippen LogP contribution >= 0.6 is 12.1 Å². The quantitative estimate of drug-likeness (QED) is 0.690. The predicted octanol–water partition coefficient (Wildman–Crippen LogP) is 3.36. The van der Waals surface area contributed by atoms with E-state index in [1.807, 2.05) is 0 Å². The van der Waals surface area contributed by atoms with Gasteiger partial charge in [0, 0.05) is 23.3 Å². The van der Waals surface area contributed by atoms with Crippen LogP contribution in [0.1, 0.15) is 11.1 Å². The summed E-state index contributed by atoms with van der Waals surface area (Å²) >= 11 is 0.0618. The maximum absolute atomic E-state index is 13.2. The number of hydrogen-bond acceptors (Lipinski definition) is 5. The first-order chi connectivity index (χ1) is 11.1. The minimum atomic E-state index is -0.527. The van der Waals surface area contributed by atoms with Crippen LogP contribution in [0.4, 0.5) is 15.3 Å². The zero-order chi connectivity index (χ0) is 16.4. The number of benzene rings is 2. The molecule has 6 nitrogen and oxygen atoms in total. The van der Waals surface area contributed by atoms with E-state index in [0.717, 1.165) is 0 Å². The number of carbonyl (C=O) groups is 1. The first-order valence-electron chi connectivity index (χ1n) is 6.61. The number of nitro groups is 1. The smallest absolute Gasteiger partial charge is 0.270 e. The van der Waals surface area contributed by atoms with Crippen LogP contribution in [0.3, 0.4) is 0 Å². The van der Waals surface area contributed by atoms with Crippen LogP contribution in [-0.2, 0) is 4.79 Å². The zero-order valence-corrected chi connectivity index (χ0v) is 12.5. The summed E-state index contributed by atoms with van der Waals surface area (Å²) in [6.07, 6.45) is 0. The monoisotopic (exact) mass is 331 g/mol. The summed E-state index contributed by atoms with van der Waals surface area (Å²) < 4.78 is 13.2. The number of nitro benzene ring substituents is 1. The van der Waals surface area contributed by atoms with Crippen molar-refractivity contribution >= 4 is 35.1 Å². The highest BCUT2D eigenvalue weighted by Crippen LogP contribution is 2.31. The second-order valence-corrected chi connectivity index (χ2v) is 5.37. The summed E-state index contributed by atoms with van der Waals surface area (Å²) in [5.74, 6) is -0.333. The van der Waals surface area contributed by atoms with Crippen LogP contribution in [0.25, 0.3) is 0 Å². The van der Waals surface area contributed by atoms with E-state index < -0.39 is 4.92 Å². The van der Waals surface area contributed by atoms with Crippen LogP contribution in [-0.4, -0.2) is 23.1 Å². The average Bonchev–Trinajstić information content (AvgIpc) is 2.72. The Kier molecular flexibility index (Phi) is 4.07. The van der Waals surface area contributed by atoms with Gasteiger partial charge in [-0.3, -0.25) is 19.9 Å². The van der Waals surface area contributed by atoms with Crippen molar-refractivity contribution in [1.29, 1.82) is 0 Å². The highest BCUT2D eigenvalue weighted by Gasteiger charge is 2.22. The lowest BCUT2D eigenvalue weighted by atomic mass is 10.00. The van der Waals surface area contributed by atoms with Gasteiger partial charge in [0.25, 0.3) is 5.69 Å². The maximum atomic E-state index is 13.2. The molecule has 0 fully saturated rings. The molecule has 3 rings (SSSR count). The Morgan fingerprint density at radius 3 is 2.74 bits per heavy atom. The fraction of sp³-hybridized carbons (Fsp3) is 0.0667. The number of anilines is 1. The van der Waals surface area contributed by atoms with Gasteiger partial charge in [-0.1, -0.05) is 18.2 Å². The molecule has 0 spiro atoms. The van der Waals surface area contributed by atoms with Gasteiger partial charge in [-0.15, -0.1) is 0 Å². The summed E-state index contributed by atoms with van der Waals surface area (Å²) in [6, 6.07) is 10.7. The molecule has 116 valence electrons. The van der Waals surface area contributed by atoms with Gasteiger partial charge < -0.3 is 5.32 Å². The summed E-state index contributed by atoms with van der Waals surface area (Å²) in [4.78, 5) is 26.8. The van der Waals surface area contributed by atoms with E-state index in [1.54, 1.807) is 24.3 Å². The number of hydrogen-bond donors (Lipinski definition) is 1. The lowest BCUT2D eigenvalue weighted by Crippen LogP contribution is -2.13. The molecule has 1 N–H and O–H groups in total. The third kappa shape index (κ3) is 2.93. The molecule has 0 unspecified atom stereocenters. The molecule has 0 saturated heterocycles. The second-order valence-electron chi connectivity index (χ2n) is 4.77. The number of amides is 1. The fourth-order valence-electron chi connectivity index (χ4n) is 2.34. The van der Waals surface area contributed by atoms with Gasteiger partial charge in [0.1, 0.15) is 6.54 Å². The molecule has 2 aromatic rings. The van der Waals surface area contributed by atoms with E-state index in [0.29, 0.717) is 27.4 Å². The van der Waals surface area contributed by atoms with Crippen molar-refractivity contribution in [1.82, 2.24) is 0 Å². The van der Waals surface area contributed by atoms with E-state index in [1.165, 1.54) is 18.2 Å². The molecule has 0 atom stereocenters. The standard InChI is InChI=1S/C15H10FN3O3S/c16-23-13-4-2-1-3-10(13)15-11-7-9(19(21)22)5-6-12(11)18-14(20)8-17-15/h1-7H,8H2,(H,18,20). The maximum Gasteiger partial charge on any atom is 0.270 e. The van der Waals surface area contributed by atoms with Gasteiger partial charge in [0.2, 0.25) is 5.91 Å². The number of benzodiazepines with no additional fused rings is 1. The van der Waals surface area contributed by atoms with E-state index >= 15 is 0 Å². The molecular formula is C15H10FN3O3S. The number of nitrogens with zero attached hydrogens (tertiary/aromatic N) is 2. The van der Waals surface area contributed by atoms with Gasteiger partial charge in [-0.2, -0.15) is 3.89 Å². The number of nitrogens with one attached hydrogen (secondary N) is 1. The Hall–Kier alpha value is -2.74. The Morgan fingerprint density at radius 1 is 1.22 bits per heavy atom. The number of halogens is 1. The number of non-ortho nitro benzene ring substituents is 1. The number of fused-ring (bicyclic) bond motifs is 1.